The van der Waals surface area contributed by atoms with E-state index in [-0.39, 0.29) is 17.2 Å². The maximum absolute atomic E-state index is 14.0. The summed E-state index contributed by atoms with van der Waals surface area (Å²) in [5.74, 6) is -4.14. The number of rotatable bonds is 7. The normalized spacial score (nSPS) is 13.2. The molecule has 2 heterocycles. The van der Waals surface area contributed by atoms with E-state index in [1.807, 2.05) is 17.0 Å². The van der Waals surface area contributed by atoms with Crippen LogP contribution >= 0.6 is 0 Å². The summed E-state index contributed by atoms with van der Waals surface area (Å²) in [5.41, 5.74) is 7.23. The first-order valence-corrected chi connectivity index (χ1v) is 10.9. The molecule has 1 aromatic heterocycles. The highest BCUT2D eigenvalue weighted by Crippen LogP contribution is 2.22. The number of likely N-dealkylation sites (tertiary alicyclic amines) is 1. The fourth-order valence-electron chi connectivity index (χ4n) is 3.93. The van der Waals surface area contributed by atoms with Gasteiger partial charge >= 0.3 is 0 Å². The second-order valence-corrected chi connectivity index (χ2v) is 8.13. The van der Waals surface area contributed by atoms with Crippen molar-refractivity contribution in [3.05, 3.63) is 94.1 Å². The quantitative estimate of drug-likeness (QED) is 0.513. The van der Waals surface area contributed by atoms with Crippen molar-refractivity contribution < 1.29 is 22.8 Å². The molecule has 0 radical (unpaired) electrons. The molecule has 0 bridgehead atoms. The van der Waals surface area contributed by atoms with Gasteiger partial charge in [0.05, 0.1) is 11.3 Å². The molecule has 0 atom stereocenters. The second-order valence-electron chi connectivity index (χ2n) is 8.13. The van der Waals surface area contributed by atoms with Crippen LogP contribution in [0.5, 0.6) is 0 Å². The number of hydrogen-bond acceptors (Lipinski definition) is 4. The second kappa shape index (κ2) is 9.94. The number of hydrogen-bond donors (Lipinski definition) is 2. The highest BCUT2D eigenvalue weighted by molar-refractivity contribution is 5.98. The van der Waals surface area contributed by atoms with E-state index >= 15 is 0 Å². The Kier molecular flexibility index (Phi) is 6.81. The summed E-state index contributed by atoms with van der Waals surface area (Å²) in [6.07, 6.45) is 3.70. The number of primary amides is 1. The first kappa shape index (κ1) is 23.3. The van der Waals surface area contributed by atoms with Crippen LogP contribution in [-0.2, 0) is 13.0 Å². The van der Waals surface area contributed by atoms with Crippen molar-refractivity contribution in [2.24, 2.45) is 5.73 Å². The SMILES string of the molecule is NC(=O)c1cnc(Cc2ccc(C(=O)N3CCCC3)cc2)cc1NCc1c(F)ccc(F)c1F. The summed E-state index contributed by atoms with van der Waals surface area (Å²) < 4.78 is 41.5. The Labute approximate surface area is 194 Å². The third kappa shape index (κ3) is 5.03. The molecule has 9 heteroatoms. The molecule has 0 spiro atoms. The van der Waals surface area contributed by atoms with Gasteiger partial charge in [-0.1, -0.05) is 12.1 Å². The number of nitrogens with one attached hydrogen (secondary N) is 1. The van der Waals surface area contributed by atoms with Crippen LogP contribution in [0.15, 0.2) is 48.7 Å². The number of benzene rings is 2. The molecule has 1 aliphatic heterocycles. The molecule has 176 valence electrons. The van der Waals surface area contributed by atoms with E-state index in [0.717, 1.165) is 37.6 Å². The van der Waals surface area contributed by atoms with E-state index in [2.05, 4.69) is 10.3 Å². The molecule has 3 aromatic rings. The summed E-state index contributed by atoms with van der Waals surface area (Å²) in [4.78, 5) is 30.4. The van der Waals surface area contributed by atoms with E-state index in [4.69, 9.17) is 5.73 Å². The minimum atomic E-state index is -1.30. The number of anilines is 1. The van der Waals surface area contributed by atoms with Gasteiger partial charge in [0, 0.05) is 49.1 Å². The zero-order chi connectivity index (χ0) is 24.2. The van der Waals surface area contributed by atoms with Crippen LogP contribution in [0.4, 0.5) is 18.9 Å². The lowest BCUT2D eigenvalue weighted by atomic mass is 10.0. The predicted molar refractivity (Wildman–Crippen MR) is 121 cm³/mol. The number of aromatic nitrogens is 1. The standard InChI is InChI=1S/C25H23F3N4O2/c26-20-7-8-21(27)23(28)18(20)13-31-22-12-17(30-14-19(22)24(29)33)11-15-3-5-16(6-4-15)25(34)32-9-1-2-10-32/h3-8,12,14H,1-2,9-11,13H2,(H2,29,33)(H,30,31). The van der Waals surface area contributed by atoms with E-state index in [0.29, 0.717) is 23.7 Å². The average molecular weight is 468 g/mol. The van der Waals surface area contributed by atoms with Gasteiger partial charge in [-0.2, -0.15) is 0 Å². The minimum absolute atomic E-state index is 0.0104. The van der Waals surface area contributed by atoms with Crippen molar-refractivity contribution >= 4 is 17.5 Å². The van der Waals surface area contributed by atoms with Crippen molar-refractivity contribution in [3.63, 3.8) is 0 Å². The molecule has 0 aliphatic carbocycles. The minimum Gasteiger partial charge on any atom is -0.380 e. The predicted octanol–water partition coefficient (Wildman–Crippen LogP) is 4.04. The molecule has 0 unspecified atom stereocenters. The third-order valence-corrected chi connectivity index (χ3v) is 5.80. The van der Waals surface area contributed by atoms with Crippen LogP contribution in [0.3, 0.4) is 0 Å². The van der Waals surface area contributed by atoms with Crippen molar-refractivity contribution in [1.29, 1.82) is 0 Å². The van der Waals surface area contributed by atoms with Gasteiger partial charge in [0.1, 0.15) is 5.82 Å². The lowest BCUT2D eigenvalue weighted by Crippen LogP contribution is -2.27. The Hall–Kier alpha value is -3.88. The lowest BCUT2D eigenvalue weighted by molar-refractivity contribution is 0.0792. The number of carbonyl (C=O) groups is 2. The van der Waals surface area contributed by atoms with Gasteiger partial charge in [-0.3, -0.25) is 14.6 Å². The Morgan fingerprint density at radius 1 is 1.00 bits per heavy atom. The summed E-state index contributed by atoms with van der Waals surface area (Å²) in [5, 5.41) is 2.76. The number of amides is 2. The van der Waals surface area contributed by atoms with Gasteiger partial charge in [-0.15, -0.1) is 0 Å². The fourth-order valence-corrected chi connectivity index (χ4v) is 3.93. The Morgan fingerprint density at radius 2 is 1.68 bits per heavy atom. The van der Waals surface area contributed by atoms with Crippen LogP contribution in [0, 0.1) is 17.5 Å². The number of nitrogens with two attached hydrogens (primary N) is 1. The highest BCUT2D eigenvalue weighted by atomic mass is 19.2. The molecule has 2 aromatic carbocycles. The monoisotopic (exact) mass is 468 g/mol. The van der Waals surface area contributed by atoms with Crippen molar-refractivity contribution in [3.8, 4) is 0 Å². The van der Waals surface area contributed by atoms with Crippen LogP contribution < -0.4 is 11.1 Å². The van der Waals surface area contributed by atoms with Crippen LogP contribution in [-0.4, -0.2) is 34.8 Å². The molecule has 0 saturated carbocycles. The van der Waals surface area contributed by atoms with Crippen LogP contribution in [0.2, 0.25) is 0 Å². The average Bonchev–Trinajstić information content (AvgIpc) is 3.37. The van der Waals surface area contributed by atoms with E-state index in [9.17, 15) is 22.8 Å². The number of pyridine rings is 1. The van der Waals surface area contributed by atoms with E-state index in [1.54, 1.807) is 18.2 Å². The van der Waals surface area contributed by atoms with Crippen LogP contribution in [0.1, 0.15) is 50.4 Å². The Balaban J connectivity index is 1.51. The summed E-state index contributed by atoms with van der Waals surface area (Å²) >= 11 is 0. The maximum atomic E-state index is 14.0. The molecule has 4 rings (SSSR count). The topological polar surface area (TPSA) is 88.3 Å². The molecule has 3 N–H and O–H groups in total. The van der Waals surface area contributed by atoms with Crippen molar-refractivity contribution in [2.75, 3.05) is 18.4 Å². The van der Waals surface area contributed by atoms with Gasteiger partial charge in [0.15, 0.2) is 11.6 Å². The Bertz CT molecular complexity index is 1230. The highest BCUT2D eigenvalue weighted by Gasteiger charge is 2.19. The molecule has 1 saturated heterocycles. The van der Waals surface area contributed by atoms with Crippen molar-refractivity contribution in [2.45, 2.75) is 25.8 Å². The van der Waals surface area contributed by atoms with Gasteiger partial charge in [0.2, 0.25) is 0 Å². The van der Waals surface area contributed by atoms with Gasteiger partial charge in [-0.05, 0) is 48.7 Å². The number of halogens is 3. The molecule has 1 fully saturated rings. The zero-order valence-corrected chi connectivity index (χ0v) is 18.3. The van der Waals surface area contributed by atoms with Gasteiger partial charge < -0.3 is 16.0 Å². The maximum Gasteiger partial charge on any atom is 0.253 e. The molecule has 1 aliphatic rings. The number of carbonyl (C=O) groups excluding carboxylic acids is 2. The van der Waals surface area contributed by atoms with Gasteiger partial charge in [-0.25, -0.2) is 13.2 Å². The zero-order valence-electron chi connectivity index (χ0n) is 18.3. The lowest BCUT2D eigenvalue weighted by Gasteiger charge is -2.15. The molecule has 6 nitrogen and oxygen atoms in total. The van der Waals surface area contributed by atoms with Crippen molar-refractivity contribution in [1.82, 2.24) is 9.88 Å². The summed E-state index contributed by atoms with van der Waals surface area (Å²) in [7, 11) is 0. The molecular weight excluding hydrogens is 445 g/mol. The summed E-state index contributed by atoms with van der Waals surface area (Å²) in [6.45, 7) is 1.15. The first-order chi connectivity index (χ1) is 16.3. The first-order valence-electron chi connectivity index (χ1n) is 10.9. The smallest absolute Gasteiger partial charge is 0.253 e. The molecular formula is C25H23F3N4O2. The fraction of sp³-hybridized carbons (Fsp3) is 0.240. The molecule has 34 heavy (non-hydrogen) atoms. The van der Waals surface area contributed by atoms with Gasteiger partial charge in [0.25, 0.3) is 11.8 Å². The van der Waals surface area contributed by atoms with E-state index in [1.165, 1.54) is 6.20 Å². The Morgan fingerprint density at radius 3 is 2.35 bits per heavy atom. The van der Waals surface area contributed by atoms with Crippen LogP contribution in [0.25, 0.3) is 0 Å². The van der Waals surface area contributed by atoms with E-state index < -0.39 is 35.5 Å². The third-order valence-electron chi connectivity index (χ3n) is 5.80. The molecule has 2 amide bonds. The summed E-state index contributed by atoms with van der Waals surface area (Å²) in [6, 6.07) is 10.3. The number of nitrogens with zero attached hydrogens (tertiary/aromatic N) is 2. The largest absolute Gasteiger partial charge is 0.380 e.